The predicted octanol–water partition coefficient (Wildman–Crippen LogP) is 2.64. The Kier molecular flexibility index (Phi) is 4.74. The molecular formula is C19H20O4. The molecule has 0 unspecified atom stereocenters. The molecule has 0 amide bonds. The lowest BCUT2D eigenvalue weighted by molar-refractivity contribution is -0.165. The number of aliphatic hydroxyl groups is 1. The zero-order chi connectivity index (χ0) is 16.1. The van der Waals surface area contributed by atoms with E-state index in [1.807, 2.05) is 12.1 Å². The van der Waals surface area contributed by atoms with Gasteiger partial charge in [-0.3, -0.25) is 0 Å². The molecule has 1 aliphatic heterocycles. The highest BCUT2D eigenvalue weighted by molar-refractivity contribution is 5.85. The van der Waals surface area contributed by atoms with E-state index >= 15 is 0 Å². The van der Waals surface area contributed by atoms with Gasteiger partial charge < -0.3 is 14.6 Å². The average molecular weight is 312 g/mol. The Balaban J connectivity index is 1.87. The summed E-state index contributed by atoms with van der Waals surface area (Å²) < 4.78 is 10.9. The highest BCUT2D eigenvalue weighted by Gasteiger charge is 2.41. The van der Waals surface area contributed by atoms with Crippen LogP contribution in [0.15, 0.2) is 60.7 Å². The van der Waals surface area contributed by atoms with Gasteiger partial charge in [0.15, 0.2) is 0 Å². The van der Waals surface area contributed by atoms with E-state index in [4.69, 9.17) is 9.47 Å². The van der Waals surface area contributed by atoms with Crippen molar-refractivity contribution in [2.75, 3.05) is 13.2 Å². The van der Waals surface area contributed by atoms with Crippen LogP contribution in [0.1, 0.15) is 24.0 Å². The Morgan fingerprint density at radius 1 is 1.09 bits per heavy atom. The fraction of sp³-hybridized carbons (Fsp3) is 0.316. The maximum atomic E-state index is 12.7. The Bertz CT molecular complexity index is 593. The minimum atomic E-state index is -1.82. The topological polar surface area (TPSA) is 55.8 Å². The number of rotatable bonds is 5. The minimum Gasteiger partial charge on any atom is -0.460 e. The standard InChI is InChI=1S/C19H20O4/c20-18(23-14-17-12-7-13-22-17)19(21,15-8-3-1-4-9-15)16-10-5-2-6-11-16/h1-6,8-11,17,21H,7,12-14H2/t17-/m1/s1. The number of carbonyl (C=O) groups excluding carboxylic acids is 1. The van der Waals surface area contributed by atoms with Crippen molar-refractivity contribution in [3.8, 4) is 0 Å². The van der Waals surface area contributed by atoms with Crippen LogP contribution in [0.2, 0.25) is 0 Å². The number of hydrogen-bond acceptors (Lipinski definition) is 4. The maximum Gasteiger partial charge on any atom is 0.347 e. The molecule has 2 aromatic carbocycles. The largest absolute Gasteiger partial charge is 0.460 e. The second-order valence-electron chi connectivity index (χ2n) is 5.68. The third-order valence-corrected chi connectivity index (χ3v) is 4.10. The summed E-state index contributed by atoms with van der Waals surface area (Å²) in [4.78, 5) is 12.7. The third-order valence-electron chi connectivity index (χ3n) is 4.10. The van der Waals surface area contributed by atoms with Crippen molar-refractivity contribution in [2.45, 2.75) is 24.5 Å². The van der Waals surface area contributed by atoms with Crippen LogP contribution in [-0.2, 0) is 19.9 Å². The van der Waals surface area contributed by atoms with Crippen LogP contribution in [0.25, 0.3) is 0 Å². The third kappa shape index (κ3) is 3.28. The monoisotopic (exact) mass is 312 g/mol. The fourth-order valence-electron chi connectivity index (χ4n) is 2.81. The lowest BCUT2D eigenvalue weighted by Gasteiger charge is -2.27. The first-order chi connectivity index (χ1) is 11.2. The SMILES string of the molecule is O=C(OC[C@H]1CCCO1)C(O)(c1ccccc1)c1ccccc1. The molecule has 2 aromatic rings. The van der Waals surface area contributed by atoms with E-state index < -0.39 is 11.6 Å². The number of benzene rings is 2. The van der Waals surface area contributed by atoms with Crippen LogP contribution >= 0.6 is 0 Å². The average Bonchev–Trinajstić information content (AvgIpc) is 3.14. The second-order valence-corrected chi connectivity index (χ2v) is 5.68. The van der Waals surface area contributed by atoms with Crippen LogP contribution in [0.3, 0.4) is 0 Å². The van der Waals surface area contributed by atoms with Gasteiger partial charge in [0.25, 0.3) is 0 Å². The van der Waals surface area contributed by atoms with Crippen molar-refractivity contribution in [1.82, 2.24) is 0 Å². The van der Waals surface area contributed by atoms with E-state index in [0.29, 0.717) is 17.7 Å². The van der Waals surface area contributed by atoms with Gasteiger partial charge in [0.05, 0.1) is 6.10 Å². The molecule has 1 atom stereocenters. The van der Waals surface area contributed by atoms with E-state index in [-0.39, 0.29) is 12.7 Å². The van der Waals surface area contributed by atoms with Crippen molar-refractivity contribution < 1.29 is 19.4 Å². The number of ether oxygens (including phenoxy) is 2. The zero-order valence-electron chi connectivity index (χ0n) is 12.9. The molecule has 4 heteroatoms. The van der Waals surface area contributed by atoms with Gasteiger partial charge in [-0.05, 0) is 24.0 Å². The summed E-state index contributed by atoms with van der Waals surface area (Å²) >= 11 is 0. The molecule has 23 heavy (non-hydrogen) atoms. The summed E-state index contributed by atoms with van der Waals surface area (Å²) in [6.07, 6.45) is 1.78. The minimum absolute atomic E-state index is 0.0743. The molecule has 120 valence electrons. The van der Waals surface area contributed by atoms with E-state index in [9.17, 15) is 9.90 Å². The molecule has 1 heterocycles. The first-order valence-corrected chi connectivity index (χ1v) is 7.83. The van der Waals surface area contributed by atoms with Gasteiger partial charge in [-0.1, -0.05) is 60.7 Å². The van der Waals surface area contributed by atoms with Crippen LogP contribution in [0, 0.1) is 0 Å². The second kappa shape index (κ2) is 6.94. The molecule has 1 N–H and O–H groups in total. The molecule has 1 aliphatic rings. The van der Waals surface area contributed by atoms with Crippen molar-refractivity contribution in [3.05, 3.63) is 71.8 Å². The first-order valence-electron chi connectivity index (χ1n) is 7.83. The Labute approximate surface area is 135 Å². The van der Waals surface area contributed by atoms with Gasteiger partial charge in [0.1, 0.15) is 6.61 Å². The van der Waals surface area contributed by atoms with Crippen LogP contribution < -0.4 is 0 Å². The Morgan fingerprint density at radius 3 is 2.13 bits per heavy atom. The lowest BCUT2D eigenvalue weighted by atomic mass is 9.86. The summed E-state index contributed by atoms with van der Waals surface area (Å²) in [5.74, 6) is -0.676. The van der Waals surface area contributed by atoms with Crippen LogP contribution in [0.5, 0.6) is 0 Å². The fourth-order valence-corrected chi connectivity index (χ4v) is 2.81. The number of esters is 1. The summed E-state index contributed by atoms with van der Waals surface area (Å²) in [6, 6.07) is 17.7. The molecule has 1 saturated heterocycles. The molecule has 3 rings (SSSR count). The summed E-state index contributed by atoms with van der Waals surface area (Å²) in [5.41, 5.74) is -0.840. The van der Waals surface area contributed by atoms with Gasteiger partial charge in [-0.15, -0.1) is 0 Å². The summed E-state index contributed by atoms with van der Waals surface area (Å²) in [6.45, 7) is 0.866. The van der Waals surface area contributed by atoms with Gasteiger partial charge in [0, 0.05) is 6.61 Å². The highest BCUT2D eigenvalue weighted by atomic mass is 16.6. The molecule has 0 bridgehead atoms. The number of hydrogen-bond donors (Lipinski definition) is 1. The van der Waals surface area contributed by atoms with Crippen molar-refractivity contribution in [3.63, 3.8) is 0 Å². The molecule has 1 fully saturated rings. The maximum absolute atomic E-state index is 12.7. The van der Waals surface area contributed by atoms with Gasteiger partial charge in [0.2, 0.25) is 5.60 Å². The van der Waals surface area contributed by atoms with Crippen molar-refractivity contribution in [2.24, 2.45) is 0 Å². The smallest absolute Gasteiger partial charge is 0.347 e. The van der Waals surface area contributed by atoms with Gasteiger partial charge in [-0.2, -0.15) is 0 Å². The molecule has 0 spiro atoms. The Morgan fingerprint density at radius 2 is 1.65 bits per heavy atom. The normalized spacial score (nSPS) is 17.9. The molecular weight excluding hydrogens is 292 g/mol. The summed E-state index contributed by atoms with van der Waals surface area (Å²) in [7, 11) is 0. The van der Waals surface area contributed by atoms with Crippen LogP contribution in [-0.4, -0.2) is 30.4 Å². The van der Waals surface area contributed by atoms with Crippen LogP contribution in [0.4, 0.5) is 0 Å². The summed E-state index contributed by atoms with van der Waals surface area (Å²) in [5, 5.41) is 11.2. The van der Waals surface area contributed by atoms with E-state index in [1.54, 1.807) is 48.5 Å². The van der Waals surface area contributed by atoms with Crippen molar-refractivity contribution >= 4 is 5.97 Å². The van der Waals surface area contributed by atoms with Crippen molar-refractivity contribution in [1.29, 1.82) is 0 Å². The molecule has 0 aromatic heterocycles. The molecule has 0 aliphatic carbocycles. The molecule has 0 radical (unpaired) electrons. The lowest BCUT2D eigenvalue weighted by Crippen LogP contribution is -2.39. The predicted molar refractivity (Wildman–Crippen MR) is 85.8 cm³/mol. The first kappa shape index (κ1) is 15.7. The molecule has 4 nitrogen and oxygen atoms in total. The van der Waals surface area contributed by atoms with E-state index in [2.05, 4.69) is 0 Å². The van der Waals surface area contributed by atoms with E-state index in [0.717, 1.165) is 12.8 Å². The zero-order valence-corrected chi connectivity index (χ0v) is 12.9. The Hall–Kier alpha value is -2.17. The molecule has 0 saturated carbocycles. The quantitative estimate of drug-likeness (QED) is 0.862. The highest BCUT2D eigenvalue weighted by Crippen LogP contribution is 2.31. The van der Waals surface area contributed by atoms with Gasteiger partial charge >= 0.3 is 5.97 Å². The van der Waals surface area contributed by atoms with E-state index in [1.165, 1.54) is 0 Å². The van der Waals surface area contributed by atoms with Gasteiger partial charge in [-0.25, -0.2) is 4.79 Å². The number of carbonyl (C=O) groups is 1.